The normalized spacial score (nSPS) is 18.8. The van der Waals surface area contributed by atoms with Crippen LogP contribution in [0.15, 0.2) is 48.7 Å². The second kappa shape index (κ2) is 11.3. The summed E-state index contributed by atoms with van der Waals surface area (Å²) in [5, 5.41) is 9.82. The van der Waals surface area contributed by atoms with E-state index in [1.165, 1.54) is 31.7 Å². The first kappa shape index (κ1) is 27.1. The summed E-state index contributed by atoms with van der Waals surface area (Å²) >= 11 is 0. The first-order valence-electron chi connectivity index (χ1n) is 13.3. The number of urea groups is 1. The smallest absolute Gasteiger partial charge is 0.416 e. The van der Waals surface area contributed by atoms with Crippen LogP contribution in [-0.2, 0) is 19.8 Å². The van der Waals surface area contributed by atoms with Gasteiger partial charge in [0.1, 0.15) is 12.4 Å². The molecule has 2 aliphatic heterocycles. The lowest BCUT2D eigenvalue weighted by molar-refractivity contribution is -0.137. The van der Waals surface area contributed by atoms with Crippen LogP contribution in [0.5, 0.6) is 5.75 Å². The summed E-state index contributed by atoms with van der Waals surface area (Å²) in [4.78, 5) is 15.2. The average Bonchev–Trinajstić information content (AvgIpc) is 3.61. The maximum Gasteiger partial charge on any atom is 0.416 e. The van der Waals surface area contributed by atoms with Crippen LogP contribution in [0.25, 0.3) is 11.3 Å². The van der Waals surface area contributed by atoms with Gasteiger partial charge in [-0.15, -0.1) is 0 Å². The highest BCUT2D eigenvalue weighted by Crippen LogP contribution is 2.37. The molecule has 3 aromatic rings. The molecule has 3 heterocycles. The lowest BCUT2D eigenvalue weighted by atomic mass is 9.72. The van der Waals surface area contributed by atoms with E-state index in [9.17, 15) is 18.0 Å². The number of hydrogen-bond donors (Lipinski definition) is 2. The van der Waals surface area contributed by atoms with Crippen LogP contribution in [0.2, 0.25) is 6.82 Å². The van der Waals surface area contributed by atoms with Crippen LogP contribution in [-0.4, -0.2) is 53.2 Å². The third-order valence-electron chi connectivity index (χ3n) is 7.69. The van der Waals surface area contributed by atoms with Gasteiger partial charge < -0.3 is 15.4 Å². The Bertz CT molecular complexity index is 1310. The van der Waals surface area contributed by atoms with E-state index >= 15 is 0 Å². The number of amides is 2. The van der Waals surface area contributed by atoms with Gasteiger partial charge in [0, 0.05) is 49.7 Å². The summed E-state index contributed by atoms with van der Waals surface area (Å²) in [7, 11) is 3.83. The van der Waals surface area contributed by atoms with Crippen LogP contribution in [0, 0.1) is 0 Å². The van der Waals surface area contributed by atoms with Crippen LogP contribution in [0.1, 0.15) is 36.8 Å². The average molecular weight is 538 g/mol. The monoisotopic (exact) mass is 538 g/mol. The van der Waals surface area contributed by atoms with Crippen LogP contribution >= 0.6 is 0 Å². The zero-order valence-electron chi connectivity index (χ0n) is 22.1. The molecule has 0 atom stereocenters. The molecule has 1 radical (unpaired) electrons. The maximum atomic E-state index is 13.0. The Morgan fingerprint density at radius 3 is 2.56 bits per heavy atom. The molecular formula is C28H32BF3N5O2. The zero-order valence-corrected chi connectivity index (χ0v) is 22.1. The number of aryl methyl sites for hydroxylation is 1. The first-order chi connectivity index (χ1) is 18.7. The van der Waals surface area contributed by atoms with Gasteiger partial charge in [-0.25, -0.2) is 4.79 Å². The molecule has 205 valence electrons. The van der Waals surface area contributed by atoms with Crippen LogP contribution < -0.4 is 20.8 Å². The summed E-state index contributed by atoms with van der Waals surface area (Å²) in [5.41, 5.74) is 2.73. The van der Waals surface area contributed by atoms with Crippen molar-refractivity contribution in [3.05, 3.63) is 59.8 Å². The molecule has 2 saturated heterocycles. The lowest BCUT2D eigenvalue weighted by Gasteiger charge is -2.22. The molecule has 0 saturated carbocycles. The van der Waals surface area contributed by atoms with Gasteiger partial charge in [0.2, 0.25) is 0 Å². The maximum absolute atomic E-state index is 13.0. The third-order valence-corrected chi connectivity index (χ3v) is 7.69. The number of benzene rings is 2. The van der Waals surface area contributed by atoms with E-state index in [1.807, 2.05) is 33.3 Å². The highest BCUT2D eigenvalue weighted by Gasteiger charge is 2.38. The van der Waals surface area contributed by atoms with E-state index in [1.54, 1.807) is 23.0 Å². The number of ether oxygens (including phenoxy) is 1. The van der Waals surface area contributed by atoms with E-state index < -0.39 is 17.8 Å². The highest BCUT2D eigenvalue weighted by atomic mass is 19.4. The van der Waals surface area contributed by atoms with Gasteiger partial charge in [-0.3, -0.25) is 9.58 Å². The molecule has 2 aliphatic rings. The van der Waals surface area contributed by atoms with Crippen molar-refractivity contribution in [2.24, 2.45) is 7.05 Å². The molecule has 39 heavy (non-hydrogen) atoms. The number of nitrogens with one attached hydrogen (secondary N) is 2. The van der Waals surface area contributed by atoms with E-state index in [0.717, 1.165) is 35.4 Å². The molecule has 0 spiro atoms. The lowest BCUT2D eigenvalue weighted by Crippen LogP contribution is -2.32. The zero-order chi connectivity index (χ0) is 27.6. The van der Waals surface area contributed by atoms with E-state index in [0.29, 0.717) is 35.7 Å². The van der Waals surface area contributed by atoms with Gasteiger partial charge in [0.15, 0.2) is 7.28 Å². The van der Waals surface area contributed by atoms with Gasteiger partial charge in [0.05, 0.1) is 11.3 Å². The number of alkyl halides is 3. The van der Waals surface area contributed by atoms with Gasteiger partial charge >= 0.3 is 12.2 Å². The summed E-state index contributed by atoms with van der Waals surface area (Å²) < 4.78 is 47.1. The number of hydrogen-bond acceptors (Lipinski definition) is 4. The van der Waals surface area contributed by atoms with Crippen molar-refractivity contribution in [3.63, 3.8) is 0 Å². The Hall–Kier alpha value is -3.47. The van der Waals surface area contributed by atoms with Crippen molar-refractivity contribution in [3.8, 4) is 17.0 Å². The molecule has 7 nitrogen and oxygen atoms in total. The summed E-state index contributed by atoms with van der Waals surface area (Å²) in [6.45, 7) is 3.34. The fourth-order valence-electron chi connectivity index (χ4n) is 5.78. The Morgan fingerprint density at radius 2 is 1.87 bits per heavy atom. The van der Waals surface area contributed by atoms with Crippen molar-refractivity contribution in [1.82, 2.24) is 20.0 Å². The van der Waals surface area contributed by atoms with Gasteiger partial charge in [-0.2, -0.15) is 18.3 Å². The largest absolute Gasteiger partial charge is 0.492 e. The molecule has 2 aromatic carbocycles. The standard InChI is InChI=1S/C28H32BF3N5O2/c1-29-24-17-34-36(2)26(24)23-15-20(6-11-25(23)39-13-12-37-21-7-8-22(37)10-9-21)35-27(38)33-16-18-4-3-5-19(14-18)28(30,31)32/h3-6,11,14-15,17,21-22H,7-10,12-13,16H2,1-2H3,(H2,33,35,38). The predicted molar refractivity (Wildman–Crippen MR) is 145 cm³/mol. The highest BCUT2D eigenvalue weighted by molar-refractivity contribution is 6.54. The first-order valence-corrected chi connectivity index (χ1v) is 13.3. The molecule has 1 aromatic heterocycles. The van der Waals surface area contributed by atoms with Gasteiger partial charge in [-0.1, -0.05) is 19.0 Å². The van der Waals surface area contributed by atoms with Crippen LogP contribution in [0.4, 0.5) is 23.7 Å². The van der Waals surface area contributed by atoms with E-state index in [2.05, 4.69) is 20.6 Å². The van der Waals surface area contributed by atoms with Crippen molar-refractivity contribution in [2.75, 3.05) is 18.5 Å². The second-order valence-electron chi connectivity index (χ2n) is 10.1. The topological polar surface area (TPSA) is 71.4 Å². The minimum atomic E-state index is -4.44. The number of carbonyl (C=O) groups excluding carboxylic acids is 1. The number of carbonyl (C=O) groups is 1. The number of aromatic nitrogens is 2. The Labute approximate surface area is 227 Å². The van der Waals surface area contributed by atoms with Gasteiger partial charge in [-0.05, 0) is 67.0 Å². The summed E-state index contributed by atoms with van der Waals surface area (Å²) in [6.07, 6.45) is 2.44. The molecule has 2 bridgehead atoms. The second-order valence-corrected chi connectivity index (χ2v) is 10.1. The molecule has 0 aliphatic carbocycles. The van der Waals surface area contributed by atoms with Gasteiger partial charge in [0.25, 0.3) is 0 Å². The predicted octanol–water partition coefficient (Wildman–Crippen LogP) is 4.81. The van der Waals surface area contributed by atoms with Crippen molar-refractivity contribution >= 4 is 24.5 Å². The SMILES string of the molecule is C[B]c1cnn(C)c1-c1cc(NC(=O)NCc2cccc(C(F)(F)F)c2)ccc1OCCN1C2CCC1CC2. The molecular weight excluding hydrogens is 506 g/mol. The Balaban J connectivity index is 1.28. The molecule has 2 amide bonds. The van der Waals surface area contributed by atoms with Crippen molar-refractivity contribution in [1.29, 1.82) is 0 Å². The molecule has 2 fully saturated rings. The molecule has 2 N–H and O–H groups in total. The third kappa shape index (κ3) is 6.08. The summed E-state index contributed by atoms with van der Waals surface area (Å²) in [5.74, 6) is 0.697. The minimum absolute atomic E-state index is 0.0427. The molecule has 11 heteroatoms. The van der Waals surface area contributed by atoms with Crippen molar-refractivity contribution in [2.45, 2.75) is 57.3 Å². The quantitative estimate of drug-likeness (QED) is 0.384. The Morgan fingerprint density at radius 1 is 1.13 bits per heavy atom. The van der Waals surface area contributed by atoms with Crippen molar-refractivity contribution < 1.29 is 22.7 Å². The van der Waals surface area contributed by atoms with E-state index in [-0.39, 0.29) is 6.54 Å². The minimum Gasteiger partial charge on any atom is -0.492 e. The fraction of sp³-hybridized carbons (Fsp3) is 0.429. The number of rotatable bonds is 9. The number of fused-ring (bicyclic) bond motifs is 2. The summed E-state index contributed by atoms with van der Waals surface area (Å²) in [6, 6.07) is 11.2. The van der Waals surface area contributed by atoms with Crippen LogP contribution in [0.3, 0.4) is 0 Å². The molecule has 0 unspecified atom stereocenters. The van der Waals surface area contributed by atoms with E-state index in [4.69, 9.17) is 4.74 Å². The number of anilines is 1. The number of nitrogens with zero attached hydrogens (tertiary/aromatic N) is 3. The Kier molecular flexibility index (Phi) is 7.88. The fourth-order valence-corrected chi connectivity index (χ4v) is 5.78. The molecule has 5 rings (SSSR count). The number of halogens is 3.